The first-order valence-electron chi connectivity index (χ1n) is 11.2. The number of nitrogens with zero attached hydrogens (tertiary/aromatic N) is 3. The Morgan fingerprint density at radius 1 is 0.968 bits per heavy atom. The van der Waals surface area contributed by atoms with E-state index in [4.69, 9.17) is 9.97 Å². The summed E-state index contributed by atoms with van der Waals surface area (Å²) < 4.78 is 0. The summed E-state index contributed by atoms with van der Waals surface area (Å²) in [7, 11) is 4.06. The Morgan fingerprint density at radius 3 is 2.61 bits per heavy atom. The van der Waals surface area contributed by atoms with Crippen LogP contribution in [0.5, 0.6) is 0 Å². The Balaban J connectivity index is 1.18. The van der Waals surface area contributed by atoms with E-state index in [2.05, 4.69) is 56.9 Å². The number of H-pyrrole nitrogens is 1. The van der Waals surface area contributed by atoms with Gasteiger partial charge >= 0.3 is 0 Å². The van der Waals surface area contributed by atoms with Crippen LogP contribution < -0.4 is 15.5 Å². The van der Waals surface area contributed by atoms with Crippen LogP contribution in [0.4, 0.5) is 11.8 Å². The molecule has 1 aliphatic carbocycles. The van der Waals surface area contributed by atoms with Crippen molar-refractivity contribution in [1.29, 1.82) is 0 Å². The maximum Gasteiger partial charge on any atom is 0.225 e. The molecule has 1 aliphatic rings. The summed E-state index contributed by atoms with van der Waals surface area (Å²) in [5, 5.41) is 9.72. The van der Waals surface area contributed by atoms with Gasteiger partial charge in [-0.1, -0.05) is 18.2 Å². The number of aromatic nitrogens is 3. The molecular weight excluding hydrogens is 384 g/mol. The highest BCUT2D eigenvalue weighted by atomic mass is 15.2. The highest BCUT2D eigenvalue weighted by Crippen LogP contribution is 2.26. The first-order chi connectivity index (χ1) is 15.2. The number of benzene rings is 2. The van der Waals surface area contributed by atoms with Gasteiger partial charge in [-0.25, -0.2) is 4.98 Å². The van der Waals surface area contributed by atoms with Crippen LogP contribution in [0.3, 0.4) is 0 Å². The summed E-state index contributed by atoms with van der Waals surface area (Å²) in [6.07, 6.45) is 6.58. The van der Waals surface area contributed by atoms with Crippen molar-refractivity contribution in [2.45, 2.75) is 44.3 Å². The lowest BCUT2D eigenvalue weighted by atomic mass is 9.91. The van der Waals surface area contributed by atoms with Crippen LogP contribution in [0, 0.1) is 0 Å². The predicted molar refractivity (Wildman–Crippen MR) is 129 cm³/mol. The molecule has 2 aromatic heterocycles. The highest BCUT2D eigenvalue weighted by Gasteiger charge is 2.22. The molecule has 2 heterocycles. The van der Waals surface area contributed by atoms with Gasteiger partial charge in [0.15, 0.2) is 0 Å². The summed E-state index contributed by atoms with van der Waals surface area (Å²) in [5.74, 6) is 1.70. The molecule has 0 saturated heterocycles. The second-order valence-electron chi connectivity index (χ2n) is 8.76. The number of hydrogen-bond acceptors (Lipinski definition) is 5. The number of hydrogen-bond donors (Lipinski definition) is 3. The van der Waals surface area contributed by atoms with Crippen molar-refractivity contribution in [2.24, 2.45) is 0 Å². The van der Waals surface area contributed by atoms with Gasteiger partial charge in [-0.3, -0.25) is 0 Å². The number of rotatable bonds is 6. The molecule has 3 N–H and O–H groups in total. The fourth-order valence-corrected chi connectivity index (χ4v) is 4.56. The Bertz CT molecular complexity index is 1170. The van der Waals surface area contributed by atoms with E-state index in [-0.39, 0.29) is 0 Å². The standard InChI is InChI=1S/C25H30N6/c1-31(2)24-21-5-3-4-6-23(21)29-25(30-24)28-20-10-8-19(9-11-20)27-16-17-7-12-22-18(15-17)13-14-26-22/h3-7,12-15,19-20,26-27H,8-11,16H2,1-2H3,(H,28,29,30)/t19-,20+. The van der Waals surface area contributed by atoms with Crippen molar-refractivity contribution in [3.8, 4) is 0 Å². The van der Waals surface area contributed by atoms with E-state index in [0.717, 1.165) is 54.9 Å². The minimum atomic E-state index is 0.422. The zero-order valence-electron chi connectivity index (χ0n) is 18.2. The molecule has 5 rings (SSSR count). The molecule has 31 heavy (non-hydrogen) atoms. The van der Waals surface area contributed by atoms with Crippen molar-refractivity contribution in [1.82, 2.24) is 20.3 Å². The smallest absolute Gasteiger partial charge is 0.225 e. The second kappa shape index (κ2) is 8.55. The molecule has 0 aliphatic heterocycles. The average Bonchev–Trinajstić information content (AvgIpc) is 3.26. The van der Waals surface area contributed by atoms with E-state index in [0.29, 0.717) is 12.1 Å². The highest BCUT2D eigenvalue weighted by molar-refractivity contribution is 5.90. The van der Waals surface area contributed by atoms with E-state index in [1.54, 1.807) is 0 Å². The molecule has 1 fully saturated rings. The fourth-order valence-electron chi connectivity index (χ4n) is 4.56. The van der Waals surface area contributed by atoms with Gasteiger partial charge in [0, 0.05) is 49.8 Å². The Morgan fingerprint density at radius 2 is 1.77 bits per heavy atom. The molecule has 0 spiro atoms. The van der Waals surface area contributed by atoms with Crippen LogP contribution in [0.25, 0.3) is 21.8 Å². The van der Waals surface area contributed by atoms with Crippen LogP contribution in [-0.4, -0.2) is 41.1 Å². The zero-order chi connectivity index (χ0) is 21.2. The van der Waals surface area contributed by atoms with Crippen molar-refractivity contribution in [2.75, 3.05) is 24.3 Å². The number of para-hydroxylation sites is 1. The van der Waals surface area contributed by atoms with Gasteiger partial charge in [-0.15, -0.1) is 0 Å². The maximum absolute atomic E-state index is 4.80. The van der Waals surface area contributed by atoms with E-state index < -0.39 is 0 Å². The number of anilines is 2. The molecule has 0 bridgehead atoms. The molecule has 4 aromatic rings. The lowest BCUT2D eigenvalue weighted by molar-refractivity contribution is 0.352. The Labute approximate surface area is 183 Å². The first kappa shape index (κ1) is 19.8. The maximum atomic E-state index is 4.80. The van der Waals surface area contributed by atoms with Gasteiger partial charge < -0.3 is 20.5 Å². The van der Waals surface area contributed by atoms with E-state index in [1.807, 2.05) is 32.4 Å². The number of nitrogens with one attached hydrogen (secondary N) is 3. The predicted octanol–water partition coefficient (Wildman–Crippen LogP) is 4.69. The summed E-state index contributed by atoms with van der Waals surface area (Å²) in [6.45, 7) is 0.920. The molecular formula is C25H30N6. The summed E-state index contributed by atoms with van der Waals surface area (Å²) >= 11 is 0. The van der Waals surface area contributed by atoms with Gasteiger partial charge in [0.05, 0.1) is 5.52 Å². The Hall–Kier alpha value is -3.12. The fraction of sp³-hybridized carbons (Fsp3) is 0.360. The topological polar surface area (TPSA) is 68.9 Å². The number of aromatic amines is 1. The van der Waals surface area contributed by atoms with Crippen LogP contribution in [0.15, 0.2) is 54.7 Å². The normalized spacial score (nSPS) is 19.0. The lowest BCUT2D eigenvalue weighted by Gasteiger charge is -2.30. The largest absolute Gasteiger partial charge is 0.362 e. The summed E-state index contributed by atoms with van der Waals surface area (Å²) in [6, 6.07) is 18.0. The van der Waals surface area contributed by atoms with Gasteiger partial charge in [-0.05, 0) is 67.0 Å². The van der Waals surface area contributed by atoms with E-state index >= 15 is 0 Å². The number of fused-ring (bicyclic) bond motifs is 2. The van der Waals surface area contributed by atoms with E-state index in [9.17, 15) is 0 Å². The molecule has 1 saturated carbocycles. The monoisotopic (exact) mass is 414 g/mol. The Kier molecular flexibility index (Phi) is 5.47. The molecule has 2 aromatic carbocycles. The van der Waals surface area contributed by atoms with Gasteiger partial charge in [0.2, 0.25) is 5.95 Å². The zero-order valence-corrected chi connectivity index (χ0v) is 18.2. The van der Waals surface area contributed by atoms with Gasteiger partial charge in [0.25, 0.3) is 0 Å². The van der Waals surface area contributed by atoms with E-state index in [1.165, 1.54) is 16.5 Å². The molecule has 6 nitrogen and oxygen atoms in total. The second-order valence-corrected chi connectivity index (χ2v) is 8.76. The van der Waals surface area contributed by atoms with Crippen LogP contribution in [-0.2, 0) is 6.54 Å². The molecule has 160 valence electrons. The van der Waals surface area contributed by atoms with Gasteiger partial charge in [0.1, 0.15) is 5.82 Å². The van der Waals surface area contributed by atoms with Crippen molar-refractivity contribution in [3.05, 3.63) is 60.3 Å². The SMILES string of the molecule is CN(C)c1nc(N[C@H]2CC[C@@H](NCc3ccc4[nH]ccc4c3)CC2)nc2ccccc12. The van der Waals surface area contributed by atoms with Gasteiger partial charge in [-0.2, -0.15) is 4.98 Å². The summed E-state index contributed by atoms with van der Waals surface area (Å²) in [4.78, 5) is 14.9. The third kappa shape index (κ3) is 4.35. The van der Waals surface area contributed by atoms with Crippen LogP contribution >= 0.6 is 0 Å². The molecule has 0 unspecified atom stereocenters. The minimum Gasteiger partial charge on any atom is -0.362 e. The molecule has 0 amide bonds. The minimum absolute atomic E-state index is 0.422. The molecule has 6 heteroatoms. The first-order valence-corrected chi connectivity index (χ1v) is 11.2. The quantitative estimate of drug-likeness (QED) is 0.427. The van der Waals surface area contributed by atoms with Crippen molar-refractivity contribution >= 4 is 33.6 Å². The van der Waals surface area contributed by atoms with Crippen LogP contribution in [0.1, 0.15) is 31.2 Å². The molecule has 0 radical (unpaired) electrons. The third-order valence-electron chi connectivity index (χ3n) is 6.28. The summed E-state index contributed by atoms with van der Waals surface area (Å²) in [5.41, 5.74) is 3.52. The lowest BCUT2D eigenvalue weighted by Crippen LogP contribution is -2.37. The van der Waals surface area contributed by atoms with Crippen LogP contribution in [0.2, 0.25) is 0 Å². The third-order valence-corrected chi connectivity index (χ3v) is 6.28. The molecule has 0 atom stereocenters. The van der Waals surface area contributed by atoms with Crippen molar-refractivity contribution in [3.63, 3.8) is 0 Å². The van der Waals surface area contributed by atoms with Crippen molar-refractivity contribution < 1.29 is 0 Å². The average molecular weight is 415 g/mol.